The van der Waals surface area contributed by atoms with Crippen molar-refractivity contribution in [2.24, 2.45) is 5.73 Å². The lowest BCUT2D eigenvalue weighted by Gasteiger charge is -2.31. The Balaban J connectivity index is 3.17. The van der Waals surface area contributed by atoms with Crippen LogP contribution in [0.4, 0.5) is 5.82 Å². The monoisotopic (exact) mass is 257 g/mol. The Morgan fingerprint density at radius 2 is 2.06 bits per heavy atom. The van der Waals surface area contributed by atoms with Crippen molar-refractivity contribution in [1.82, 2.24) is 4.98 Å². The number of hydrogen-bond donors (Lipinski definition) is 2. The third kappa shape index (κ3) is 3.41. The average Bonchev–Trinajstić information content (AvgIpc) is 2.15. The van der Waals surface area contributed by atoms with E-state index >= 15 is 0 Å². The molecule has 1 aromatic rings. The molecule has 6 heteroatoms. The van der Waals surface area contributed by atoms with Crippen LogP contribution >= 0.6 is 0 Å². The fourth-order valence-electron chi connectivity index (χ4n) is 1.20. The van der Waals surface area contributed by atoms with E-state index in [1.54, 1.807) is 12.3 Å². The van der Waals surface area contributed by atoms with E-state index in [9.17, 15) is 8.42 Å². The normalized spacial score (nSPS) is 14.4. The summed E-state index contributed by atoms with van der Waals surface area (Å²) in [6.07, 6.45) is 2.71. The first kappa shape index (κ1) is 13.9. The lowest BCUT2D eigenvalue weighted by Crippen LogP contribution is -2.47. The zero-order valence-corrected chi connectivity index (χ0v) is 11.4. The number of nitrogens with two attached hydrogens (primary N) is 1. The minimum atomic E-state index is -3.30. The van der Waals surface area contributed by atoms with Gasteiger partial charge in [0.2, 0.25) is 0 Å². The Morgan fingerprint density at radius 3 is 2.53 bits per heavy atom. The summed E-state index contributed by atoms with van der Waals surface area (Å²) in [5.74, 6) is 0.345. The van der Waals surface area contributed by atoms with Crippen molar-refractivity contribution < 1.29 is 8.42 Å². The maximum atomic E-state index is 11.6. The fourth-order valence-corrected chi connectivity index (χ4v) is 1.98. The van der Waals surface area contributed by atoms with Crippen LogP contribution in [0.2, 0.25) is 0 Å². The van der Waals surface area contributed by atoms with E-state index < -0.39 is 15.4 Å². The average molecular weight is 257 g/mol. The minimum absolute atomic E-state index is 0.142. The van der Waals surface area contributed by atoms with E-state index in [4.69, 9.17) is 5.73 Å². The van der Waals surface area contributed by atoms with Crippen molar-refractivity contribution >= 4 is 15.7 Å². The molecule has 0 spiro atoms. The van der Waals surface area contributed by atoms with E-state index in [0.29, 0.717) is 5.82 Å². The maximum absolute atomic E-state index is 11.6. The summed E-state index contributed by atoms with van der Waals surface area (Å²) in [6, 6.07) is 2.99. The highest BCUT2D eigenvalue weighted by Gasteiger charge is 2.25. The first-order valence-corrected chi connectivity index (χ1v) is 7.22. The summed E-state index contributed by atoms with van der Waals surface area (Å²) >= 11 is 0. The fraction of sp³-hybridized carbons (Fsp3) is 0.545. The highest BCUT2D eigenvalue weighted by Crippen LogP contribution is 2.22. The second-order valence-corrected chi connectivity index (χ2v) is 6.74. The number of pyridine rings is 1. The topological polar surface area (TPSA) is 85.1 Å². The third-order valence-electron chi connectivity index (χ3n) is 2.75. The lowest BCUT2D eigenvalue weighted by atomic mass is 9.97. The van der Waals surface area contributed by atoms with Crippen LogP contribution in [-0.2, 0) is 9.84 Å². The molecule has 3 N–H and O–H groups in total. The Morgan fingerprint density at radius 1 is 1.47 bits per heavy atom. The van der Waals surface area contributed by atoms with Gasteiger partial charge in [0.25, 0.3) is 0 Å². The largest absolute Gasteiger partial charge is 0.363 e. The van der Waals surface area contributed by atoms with Gasteiger partial charge in [0.1, 0.15) is 10.7 Å². The standard InChI is InChI=1S/C11H19N3O2S/c1-8(12)11(2,3)14-10-9(17(4,15)16)6-5-7-13-10/h5-8H,12H2,1-4H3,(H,13,14). The van der Waals surface area contributed by atoms with E-state index in [1.807, 2.05) is 20.8 Å². The van der Waals surface area contributed by atoms with Gasteiger partial charge in [0, 0.05) is 24.0 Å². The van der Waals surface area contributed by atoms with Crippen molar-refractivity contribution in [1.29, 1.82) is 0 Å². The zero-order valence-electron chi connectivity index (χ0n) is 10.6. The summed E-state index contributed by atoms with van der Waals surface area (Å²) in [4.78, 5) is 4.26. The summed E-state index contributed by atoms with van der Waals surface area (Å²) in [7, 11) is -3.30. The Labute approximate surface area is 102 Å². The van der Waals surface area contributed by atoms with Gasteiger partial charge in [0.15, 0.2) is 9.84 Å². The van der Waals surface area contributed by atoms with Gasteiger partial charge >= 0.3 is 0 Å². The van der Waals surface area contributed by atoms with Gasteiger partial charge in [-0.3, -0.25) is 0 Å². The smallest absolute Gasteiger partial charge is 0.179 e. The summed E-state index contributed by atoms with van der Waals surface area (Å²) in [6.45, 7) is 5.66. The van der Waals surface area contributed by atoms with Crippen molar-refractivity contribution in [2.45, 2.75) is 37.2 Å². The Kier molecular flexibility index (Phi) is 3.78. The maximum Gasteiger partial charge on any atom is 0.179 e. The molecule has 0 aliphatic heterocycles. The number of nitrogens with one attached hydrogen (secondary N) is 1. The third-order valence-corrected chi connectivity index (χ3v) is 3.88. The second-order valence-electron chi connectivity index (χ2n) is 4.76. The molecule has 0 saturated carbocycles. The molecule has 0 fully saturated rings. The van der Waals surface area contributed by atoms with Gasteiger partial charge in [-0.2, -0.15) is 0 Å². The van der Waals surface area contributed by atoms with E-state index in [0.717, 1.165) is 6.26 Å². The molecular formula is C11H19N3O2S. The first-order valence-electron chi connectivity index (χ1n) is 5.33. The molecule has 0 bridgehead atoms. The van der Waals surface area contributed by atoms with Crippen LogP contribution in [0.5, 0.6) is 0 Å². The quantitative estimate of drug-likeness (QED) is 0.841. The first-order chi connectivity index (χ1) is 7.64. The number of aromatic nitrogens is 1. The predicted octanol–water partition coefficient (Wildman–Crippen LogP) is 1.02. The molecule has 0 aliphatic carbocycles. The molecular weight excluding hydrogens is 238 g/mol. The van der Waals surface area contributed by atoms with Crippen molar-refractivity contribution in [2.75, 3.05) is 11.6 Å². The van der Waals surface area contributed by atoms with Crippen LogP contribution in [0, 0.1) is 0 Å². The number of sulfone groups is 1. The lowest BCUT2D eigenvalue weighted by molar-refractivity contribution is 0.467. The molecule has 17 heavy (non-hydrogen) atoms. The summed E-state index contributed by atoms with van der Waals surface area (Å²) in [5, 5.41) is 3.08. The molecule has 0 aromatic carbocycles. The molecule has 96 valence electrons. The van der Waals surface area contributed by atoms with E-state index in [2.05, 4.69) is 10.3 Å². The Hall–Kier alpha value is -1.14. The van der Waals surface area contributed by atoms with Gasteiger partial charge in [-0.25, -0.2) is 13.4 Å². The molecule has 1 atom stereocenters. The highest BCUT2D eigenvalue weighted by molar-refractivity contribution is 7.90. The van der Waals surface area contributed by atoms with Crippen molar-refractivity contribution in [3.05, 3.63) is 18.3 Å². The van der Waals surface area contributed by atoms with Crippen LogP contribution in [0.15, 0.2) is 23.2 Å². The predicted molar refractivity (Wildman–Crippen MR) is 68.7 cm³/mol. The number of hydrogen-bond acceptors (Lipinski definition) is 5. The van der Waals surface area contributed by atoms with Crippen LogP contribution < -0.4 is 11.1 Å². The summed E-state index contributed by atoms with van der Waals surface area (Å²) in [5.41, 5.74) is 5.40. The van der Waals surface area contributed by atoms with Crippen molar-refractivity contribution in [3.63, 3.8) is 0 Å². The molecule has 5 nitrogen and oxygen atoms in total. The molecule has 0 radical (unpaired) electrons. The molecule has 1 unspecified atom stereocenters. The van der Waals surface area contributed by atoms with Gasteiger partial charge in [-0.15, -0.1) is 0 Å². The van der Waals surface area contributed by atoms with Crippen LogP contribution in [0.3, 0.4) is 0 Å². The van der Waals surface area contributed by atoms with Gasteiger partial charge in [-0.05, 0) is 32.9 Å². The van der Waals surface area contributed by atoms with Crippen molar-refractivity contribution in [3.8, 4) is 0 Å². The molecule has 1 heterocycles. The van der Waals surface area contributed by atoms with Crippen LogP contribution in [-0.4, -0.2) is 31.2 Å². The molecule has 0 saturated heterocycles. The van der Waals surface area contributed by atoms with E-state index in [1.165, 1.54) is 6.07 Å². The van der Waals surface area contributed by atoms with Crippen LogP contribution in [0.1, 0.15) is 20.8 Å². The molecule has 1 rings (SSSR count). The minimum Gasteiger partial charge on any atom is -0.363 e. The summed E-state index contributed by atoms with van der Waals surface area (Å²) < 4.78 is 23.2. The SMILES string of the molecule is CC(N)C(C)(C)Nc1ncccc1S(C)(=O)=O. The van der Waals surface area contributed by atoms with Gasteiger partial charge in [0.05, 0.1) is 0 Å². The molecule has 0 aliphatic rings. The van der Waals surface area contributed by atoms with Gasteiger partial charge < -0.3 is 11.1 Å². The molecule has 0 amide bonds. The number of nitrogens with zero attached hydrogens (tertiary/aromatic N) is 1. The number of rotatable bonds is 4. The number of anilines is 1. The molecule has 1 aromatic heterocycles. The Bertz CT molecular complexity index is 495. The van der Waals surface area contributed by atoms with E-state index in [-0.39, 0.29) is 10.9 Å². The van der Waals surface area contributed by atoms with Crippen LogP contribution in [0.25, 0.3) is 0 Å². The second kappa shape index (κ2) is 4.62. The van der Waals surface area contributed by atoms with Gasteiger partial charge in [-0.1, -0.05) is 0 Å². The highest BCUT2D eigenvalue weighted by atomic mass is 32.2. The zero-order chi connectivity index (χ0) is 13.3.